The van der Waals surface area contributed by atoms with Gasteiger partial charge in [-0.3, -0.25) is 19.4 Å². The molecule has 8 aromatic rings. The van der Waals surface area contributed by atoms with Crippen molar-refractivity contribution in [1.29, 1.82) is 0 Å². The summed E-state index contributed by atoms with van der Waals surface area (Å²) in [6.07, 6.45) is 2.00. The van der Waals surface area contributed by atoms with Crippen LogP contribution in [0, 0.1) is 0 Å². The van der Waals surface area contributed by atoms with Gasteiger partial charge < -0.3 is 45.4 Å². The Labute approximate surface area is 529 Å². The Kier molecular flexibility index (Phi) is 21.3. The molecule has 2 fully saturated rings. The number of piperazine rings is 2. The molecule has 0 aromatic heterocycles. The SMILES string of the molecule is CC(C)Oc1ccccc1N1CCN(Cc2cccc(C(=O)N3CCc4ccc(N)cc43)c2)CC1.CC(C)Oc1ccccc1N1CCN(Cc2cccc(C(=O)N3CCc4ccc(NC(=S)Nc5ccccc5)cc43)c2)CC1.S=C=Nc1ccccc1. The van der Waals surface area contributed by atoms with Crippen molar-refractivity contribution in [2.75, 3.05) is 101 Å². The van der Waals surface area contributed by atoms with E-state index in [2.05, 4.69) is 141 Å². The molecule has 4 aliphatic heterocycles. The number of ether oxygens (including phenoxy) is 2. The Morgan fingerprint density at radius 2 is 0.955 bits per heavy atom. The van der Waals surface area contributed by atoms with Gasteiger partial charge in [0.05, 0.1) is 34.4 Å². The summed E-state index contributed by atoms with van der Waals surface area (Å²) in [5, 5.41) is 9.27. The van der Waals surface area contributed by atoms with Crippen LogP contribution in [0.3, 0.4) is 0 Å². The van der Waals surface area contributed by atoms with Crippen LogP contribution in [0.25, 0.3) is 0 Å². The largest absolute Gasteiger partial charge is 0.489 e. The molecule has 2 saturated heterocycles. The van der Waals surface area contributed by atoms with Gasteiger partial charge in [0.15, 0.2) is 5.11 Å². The molecule has 0 radical (unpaired) electrons. The zero-order chi connectivity index (χ0) is 61.4. The van der Waals surface area contributed by atoms with Crippen molar-refractivity contribution in [1.82, 2.24) is 9.80 Å². The van der Waals surface area contributed by atoms with Gasteiger partial charge in [0.2, 0.25) is 0 Å². The highest BCUT2D eigenvalue weighted by Gasteiger charge is 2.29. The fourth-order valence-corrected chi connectivity index (χ4v) is 11.9. The highest BCUT2D eigenvalue weighted by molar-refractivity contribution is 7.80. The van der Waals surface area contributed by atoms with Crippen LogP contribution in [0.2, 0.25) is 0 Å². The summed E-state index contributed by atoms with van der Waals surface area (Å²) in [5.74, 6) is 1.97. The van der Waals surface area contributed by atoms with Crippen molar-refractivity contribution >= 4 is 92.0 Å². The van der Waals surface area contributed by atoms with Crippen LogP contribution in [0.1, 0.15) is 70.7 Å². The van der Waals surface area contributed by atoms with Crippen LogP contribution in [0.15, 0.2) is 199 Å². The number of carbonyl (C=O) groups is 2. The molecule has 0 bridgehead atoms. The average molecular weight is 1210 g/mol. The predicted molar refractivity (Wildman–Crippen MR) is 368 cm³/mol. The topological polar surface area (TPSA) is 134 Å². The van der Waals surface area contributed by atoms with Crippen LogP contribution >= 0.6 is 24.4 Å². The zero-order valence-electron chi connectivity index (χ0n) is 50.7. The van der Waals surface area contributed by atoms with E-state index in [0.717, 1.165) is 135 Å². The lowest BCUT2D eigenvalue weighted by Gasteiger charge is -2.37. The number of rotatable bonds is 15. The monoisotopic (exact) mass is 1210 g/mol. The second-order valence-corrected chi connectivity index (χ2v) is 23.4. The second-order valence-electron chi connectivity index (χ2n) is 22.8. The maximum atomic E-state index is 13.8. The van der Waals surface area contributed by atoms with Crippen LogP contribution < -0.4 is 45.4 Å². The van der Waals surface area contributed by atoms with E-state index in [4.69, 9.17) is 27.4 Å². The van der Waals surface area contributed by atoms with Gasteiger partial charge in [-0.25, -0.2) is 0 Å². The highest BCUT2D eigenvalue weighted by Crippen LogP contribution is 2.35. The number of anilines is 7. The third kappa shape index (κ3) is 16.6. The summed E-state index contributed by atoms with van der Waals surface area (Å²) in [4.78, 5) is 44.4. The van der Waals surface area contributed by atoms with E-state index in [1.165, 1.54) is 22.4 Å². The van der Waals surface area contributed by atoms with Crippen molar-refractivity contribution < 1.29 is 19.1 Å². The summed E-state index contributed by atoms with van der Waals surface area (Å²) in [6, 6.07) is 64.1. The quantitative estimate of drug-likeness (QED) is 0.0511. The zero-order valence-corrected chi connectivity index (χ0v) is 52.3. The molecule has 0 spiro atoms. The fraction of sp³-hybridized carbons (Fsp3) is 0.278. The second kappa shape index (κ2) is 30.2. The summed E-state index contributed by atoms with van der Waals surface area (Å²) >= 11 is 9.94. The molecule has 0 saturated carbocycles. The molecule has 2 amide bonds. The number of thiocarbonyl (C=S) groups is 2. The van der Waals surface area contributed by atoms with Crippen molar-refractivity contribution in [3.8, 4) is 11.5 Å². The molecule has 16 heteroatoms. The Bertz CT molecular complexity index is 3710. The summed E-state index contributed by atoms with van der Waals surface area (Å²) < 4.78 is 12.1. The van der Waals surface area contributed by atoms with E-state index in [1.54, 1.807) is 0 Å². The van der Waals surface area contributed by atoms with Crippen LogP contribution in [0.5, 0.6) is 11.5 Å². The Balaban J connectivity index is 0.000000173. The van der Waals surface area contributed by atoms with E-state index in [0.29, 0.717) is 29.5 Å². The van der Waals surface area contributed by atoms with Gasteiger partial charge in [0.1, 0.15) is 11.5 Å². The van der Waals surface area contributed by atoms with Crippen LogP contribution in [0.4, 0.5) is 45.5 Å². The number of nitrogens with zero attached hydrogens (tertiary/aromatic N) is 7. The number of amides is 2. The van der Waals surface area contributed by atoms with Crippen LogP contribution in [-0.4, -0.2) is 110 Å². The standard InChI is InChI=1S/C36H39N5O2S.C29H34N4O2.C7H5NS/c1-26(2)43-34-14-7-6-13-32(34)40-21-19-39(20-22-40)25-27-9-8-10-29(23-27)35(42)41-18-17-28-15-16-31(24-33(28)41)38-36(44)37-30-11-4-3-5-12-30;1-21(2)35-28-9-4-3-8-26(28)32-16-14-31(15-17-32)20-22-6-5-7-24(18-22)29(34)33-13-12-23-10-11-25(30)19-27(23)33;9-6-8-7-4-2-1-3-5-7/h3-16,23-24,26H,17-22,25H2,1-2H3,(H2,37,38,44);3-11,18-19,21H,12-17,20,30H2,1-2H3;1-5H. The van der Waals surface area contributed by atoms with E-state index >= 15 is 0 Å². The third-order valence-corrected chi connectivity index (χ3v) is 16.0. The number of aliphatic imine (C=N–C) groups is 1. The molecule has 14 nitrogen and oxygen atoms in total. The first-order valence-electron chi connectivity index (χ1n) is 30.4. The molecule has 4 N–H and O–H groups in total. The molecule has 12 rings (SSSR count). The first-order valence-corrected chi connectivity index (χ1v) is 31.2. The molecule has 0 aliphatic carbocycles. The van der Waals surface area contributed by atoms with Crippen molar-refractivity contribution in [3.63, 3.8) is 0 Å². The molecule has 4 aliphatic rings. The van der Waals surface area contributed by atoms with Gasteiger partial charge in [0.25, 0.3) is 11.8 Å². The van der Waals surface area contributed by atoms with E-state index < -0.39 is 0 Å². The van der Waals surface area contributed by atoms with Gasteiger partial charge in [-0.2, -0.15) is 4.99 Å². The molecule has 88 heavy (non-hydrogen) atoms. The molecule has 452 valence electrons. The molecule has 0 atom stereocenters. The number of nitrogen functional groups attached to an aromatic ring is 1. The lowest BCUT2D eigenvalue weighted by atomic mass is 10.1. The fourth-order valence-electron chi connectivity index (χ4n) is 11.5. The number of para-hydroxylation sites is 6. The minimum Gasteiger partial charge on any atom is -0.489 e. The summed E-state index contributed by atoms with van der Waals surface area (Å²) in [7, 11) is 0. The average Bonchev–Trinajstić information content (AvgIpc) is 2.27. The third-order valence-electron chi connectivity index (χ3n) is 15.7. The van der Waals surface area contributed by atoms with Crippen molar-refractivity contribution in [2.45, 2.75) is 65.8 Å². The van der Waals surface area contributed by atoms with E-state index in [1.807, 2.05) is 143 Å². The number of benzene rings is 8. The Hall–Kier alpha value is -8.89. The number of hydrogen-bond donors (Lipinski definition) is 3. The molecular formula is C72H78N10O4S2. The molecule has 0 unspecified atom stereocenters. The first-order chi connectivity index (χ1) is 42.8. The number of isothiocyanates is 1. The number of carbonyl (C=O) groups excluding carboxylic acids is 2. The van der Waals surface area contributed by atoms with Crippen LogP contribution in [-0.2, 0) is 25.9 Å². The molecule has 8 aromatic carbocycles. The molecule has 4 heterocycles. The smallest absolute Gasteiger partial charge is 0.258 e. The van der Waals surface area contributed by atoms with E-state index in [-0.39, 0.29) is 24.0 Å². The number of hydrogen-bond acceptors (Lipinski definition) is 12. The normalized spacial score (nSPS) is 14.6. The lowest BCUT2D eigenvalue weighted by molar-refractivity contribution is 0.0981. The van der Waals surface area contributed by atoms with Gasteiger partial charge in [-0.05, 0) is 184 Å². The minimum absolute atomic E-state index is 0.0271. The van der Waals surface area contributed by atoms with E-state index in [9.17, 15) is 9.59 Å². The number of nitrogens with two attached hydrogens (primary N) is 1. The van der Waals surface area contributed by atoms with Gasteiger partial charge in [-0.1, -0.05) is 97.1 Å². The maximum Gasteiger partial charge on any atom is 0.258 e. The maximum absolute atomic E-state index is 13.8. The summed E-state index contributed by atoms with van der Waals surface area (Å²) in [6.45, 7) is 18.9. The highest BCUT2D eigenvalue weighted by atomic mass is 32.1. The molecular weight excluding hydrogens is 1130 g/mol. The number of fused-ring (bicyclic) bond motifs is 2. The number of nitrogens with one attached hydrogen (secondary N) is 2. The Morgan fingerprint density at radius 1 is 0.500 bits per heavy atom. The van der Waals surface area contributed by atoms with Gasteiger partial charge >= 0.3 is 0 Å². The van der Waals surface area contributed by atoms with Crippen molar-refractivity contribution in [3.05, 3.63) is 228 Å². The van der Waals surface area contributed by atoms with Crippen molar-refractivity contribution in [2.24, 2.45) is 4.99 Å². The minimum atomic E-state index is 0.0271. The predicted octanol–water partition coefficient (Wildman–Crippen LogP) is 13.8. The Morgan fingerprint density at radius 3 is 1.45 bits per heavy atom. The van der Waals surface area contributed by atoms with Gasteiger partial charge in [0, 0.05) is 118 Å². The lowest BCUT2D eigenvalue weighted by Crippen LogP contribution is -2.46. The van der Waals surface area contributed by atoms with Gasteiger partial charge in [-0.15, -0.1) is 0 Å². The summed E-state index contributed by atoms with van der Waals surface area (Å²) in [5.41, 5.74) is 19.6. The first kappa shape index (κ1) is 62.2.